The number of fused-ring (bicyclic) bond motifs is 1. The van der Waals surface area contributed by atoms with E-state index < -0.39 is 0 Å². The van der Waals surface area contributed by atoms with Gasteiger partial charge in [0.1, 0.15) is 0 Å². The number of carbonyl (C=O) groups excluding carboxylic acids is 1. The summed E-state index contributed by atoms with van der Waals surface area (Å²) in [6.45, 7) is 1.01. The van der Waals surface area contributed by atoms with Crippen molar-refractivity contribution in [1.82, 2.24) is 9.55 Å². The van der Waals surface area contributed by atoms with E-state index in [2.05, 4.69) is 21.1 Å². The molecule has 0 radical (unpaired) electrons. The molecule has 0 atom stereocenters. The third-order valence-electron chi connectivity index (χ3n) is 3.95. The predicted molar refractivity (Wildman–Crippen MR) is 97.2 cm³/mol. The van der Waals surface area contributed by atoms with Crippen molar-refractivity contribution in [2.45, 2.75) is 18.1 Å². The van der Waals surface area contributed by atoms with E-state index in [1.165, 1.54) is 0 Å². The van der Waals surface area contributed by atoms with Gasteiger partial charge in [0.15, 0.2) is 5.16 Å². The largest absolute Gasteiger partial charge is 0.326 e. The molecule has 24 heavy (non-hydrogen) atoms. The SMILES string of the molecule is O=C(Cc1ccccc1)Nc1cccc(-c2cn3c(n2)SCC3)c1. The summed E-state index contributed by atoms with van der Waals surface area (Å²) in [6, 6.07) is 17.6. The highest BCUT2D eigenvalue weighted by Gasteiger charge is 2.15. The van der Waals surface area contributed by atoms with Crippen LogP contribution in [-0.4, -0.2) is 21.2 Å². The van der Waals surface area contributed by atoms with E-state index >= 15 is 0 Å². The highest BCUT2D eigenvalue weighted by molar-refractivity contribution is 7.99. The number of anilines is 1. The van der Waals surface area contributed by atoms with Crippen molar-refractivity contribution < 1.29 is 4.79 Å². The van der Waals surface area contributed by atoms with Gasteiger partial charge in [-0.15, -0.1) is 0 Å². The third-order valence-corrected chi connectivity index (χ3v) is 4.92. The number of hydrogen-bond acceptors (Lipinski definition) is 3. The quantitative estimate of drug-likeness (QED) is 0.788. The van der Waals surface area contributed by atoms with Crippen LogP contribution in [0.15, 0.2) is 66.0 Å². The number of aromatic nitrogens is 2. The Kier molecular flexibility index (Phi) is 4.09. The molecule has 0 spiro atoms. The number of carbonyl (C=O) groups is 1. The lowest BCUT2D eigenvalue weighted by Crippen LogP contribution is -2.14. The minimum atomic E-state index is -0.0127. The maximum Gasteiger partial charge on any atom is 0.228 e. The van der Waals surface area contributed by atoms with Crippen LogP contribution >= 0.6 is 11.8 Å². The minimum Gasteiger partial charge on any atom is -0.326 e. The first-order chi connectivity index (χ1) is 11.8. The second-order valence-corrected chi connectivity index (χ2v) is 6.80. The Morgan fingerprint density at radius 2 is 2.04 bits per heavy atom. The number of imidazole rings is 1. The topological polar surface area (TPSA) is 46.9 Å². The second-order valence-electron chi connectivity index (χ2n) is 5.74. The molecular weight excluding hydrogens is 318 g/mol. The van der Waals surface area contributed by atoms with Crippen LogP contribution in [0.4, 0.5) is 5.69 Å². The summed E-state index contributed by atoms with van der Waals surface area (Å²) in [4.78, 5) is 16.9. The summed E-state index contributed by atoms with van der Waals surface area (Å²) in [5, 5.41) is 4.04. The van der Waals surface area contributed by atoms with Gasteiger partial charge in [0.25, 0.3) is 0 Å². The van der Waals surface area contributed by atoms with Gasteiger partial charge in [-0.05, 0) is 17.7 Å². The molecule has 1 aliphatic heterocycles. The lowest BCUT2D eigenvalue weighted by Gasteiger charge is -2.07. The van der Waals surface area contributed by atoms with E-state index in [4.69, 9.17) is 0 Å². The maximum atomic E-state index is 12.2. The van der Waals surface area contributed by atoms with Gasteiger partial charge in [0.05, 0.1) is 12.1 Å². The zero-order valence-corrected chi connectivity index (χ0v) is 13.9. The summed E-state index contributed by atoms with van der Waals surface area (Å²) in [6.07, 6.45) is 2.46. The molecule has 0 saturated heterocycles. The molecule has 0 aliphatic carbocycles. The summed E-state index contributed by atoms with van der Waals surface area (Å²) >= 11 is 1.78. The highest BCUT2D eigenvalue weighted by atomic mass is 32.2. The van der Waals surface area contributed by atoms with Crippen LogP contribution in [0.3, 0.4) is 0 Å². The summed E-state index contributed by atoms with van der Waals surface area (Å²) in [7, 11) is 0. The van der Waals surface area contributed by atoms with Crippen LogP contribution in [0.5, 0.6) is 0 Å². The van der Waals surface area contributed by atoms with Gasteiger partial charge in [0.2, 0.25) is 5.91 Å². The van der Waals surface area contributed by atoms with Crippen molar-refractivity contribution in [3.8, 4) is 11.3 Å². The Bertz CT molecular complexity index is 852. The lowest BCUT2D eigenvalue weighted by atomic mass is 10.1. The van der Waals surface area contributed by atoms with Crippen LogP contribution in [-0.2, 0) is 17.8 Å². The molecule has 0 fully saturated rings. The standard InChI is InChI=1S/C19H17N3OS/c23-18(11-14-5-2-1-3-6-14)20-16-8-4-7-15(12-16)17-13-22-9-10-24-19(22)21-17/h1-8,12-13H,9-11H2,(H,20,23). The van der Waals surface area contributed by atoms with Gasteiger partial charge < -0.3 is 9.88 Å². The minimum absolute atomic E-state index is 0.0127. The number of nitrogens with zero attached hydrogens (tertiary/aromatic N) is 2. The second kappa shape index (κ2) is 6.53. The molecule has 1 aliphatic rings. The molecule has 3 aromatic rings. The van der Waals surface area contributed by atoms with Gasteiger partial charge in [0, 0.05) is 29.7 Å². The average molecular weight is 335 g/mol. The van der Waals surface area contributed by atoms with Crippen molar-refractivity contribution in [2.75, 3.05) is 11.1 Å². The number of thioether (sulfide) groups is 1. The number of nitrogens with one attached hydrogen (secondary N) is 1. The fraction of sp³-hybridized carbons (Fsp3) is 0.158. The van der Waals surface area contributed by atoms with E-state index in [0.29, 0.717) is 6.42 Å². The molecule has 4 nitrogen and oxygen atoms in total. The van der Waals surface area contributed by atoms with E-state index in [1.54, 1.807) is 11.8 Å². The summed E-state index contributed by atoms with van der Waals surface area (Å²) in [5.41, 5.74) is 3.79. The molecule has 0 saturated carbocycles. The Labute approximate surface area is 144 Å². The molecule has 1 N–H and O–H groups in total. The van der Waals surface area contributed by atoms with Gasteiger partial charge in [-0.2, -0.15) is 0 Å². The number of aryl methyl sites for hydroxylation is 1. The molecular formula is C19H17N3OS. The van der Waals surface area contributed by atoms with Crippen molar-refractivity contribution in [3.63, 3.8) is 0 Å². The molecule has 2 aromatic carbocycles. The normalized spacial score (nSPS) is 12.8. The molecule has 2 heterocycles. The fourth-order valence-electron chi connectivity index (χ4n) is 2.79. The number of rotatable bonds is 4. The Balaban J connectivity index is 1.49. The van der Waals surface area contributed by atoms with Crippen molar-refractivity contribution in [3.05, 3.63) is 66.4 Å². The van der Waals surface area contributed by atoms with Gasteiger partial charge in [-0.25, -0.2) is 4.98 Å². The van der Waals surface area contributed by atoms with E-state index in [-0.39, 0.29) is 5.91 Å². The van der Waals surface area contributed by atoms with Gasteiger partial charge in [-0.3, -0.25) is 4.79 Å². The molecule has 4 rings (SSSR count). The molecule has 120 valence electrons. The summed E-state index contributed by atoms with van der Waals surface area (Å²) in [5.74, 6) is 1.08. The van der Waals surface area contributed by atoms with Crippen LogP contribution in [0, 0.1) is 0 Å². The maximum absolute atomic E-state index is 12.2. The third kappa shape index (κ3) is 3.21. The number of amides is 1. The smallest absolute Gasteiger partial charge is 0.228 e. The first-order valence-corrected chi connectivity index (χ1v) is 8.91. The average Bonchev–Trinajstić information content (AvgIpc) is 3.17. The van der Waals surface area contributed by atoms with E-state index in [0.717, 1.165) is 40.0 Å². The molecule has 1 aromatic heterocycles. The lowest BCUT2D eigenvalue weighted by molar-refractivity contribution is -0.115. The van der Waals surface area contributed by atoms with Gasteiger partial charge in [-0.1, -0.05) is 54.2 Å². The zero-order valence-electron chi connectivity index (χ0n) is 13.1. The molecule has 5 heteroatoms. The monoisotopic (exact) mass is 335 g/mol. The molecule has 0 bridgehead atoms. The van der Waals surface area contributed by atoms with E-state index in [9.17, 15) is 4.79 Å². The van der Waals surface area contributed by atoms with Crippen molar-refractivity contribution >= 4 is 23.4 Å². The van der Waals surface area contributed by atoms with Crippen LogP contribution in [0.2, 0.25) is 0 Å². The van der Waals surface area contributed by atoms with Crippen LogP contribution < -0.4 is 5.32 Å². The van der Waals surface area contributed by atoms with Crippen molar-refractivity contribution in [2.24, 2.45) is 0 Å². The molecule has 1 amide bonds. The van der Waals surface area contributed by atoms with Gasteiger partial charge >= 0.3 is 0 Å². The number of hydrogen-bond donors (Lipinski definition) is 1. The summed E-state index contributed by atoms with van der Waals surface area (Å²) < 4.78 is 2.18. The van der Waals surface area contributed by atoms with Crippen molar-refractivity contribution in [1.29, 1.82) is 0 Å². The predicted octanol–water partition coefficient (Wildman–Crippen LogP) is 3.84. The van der Waals surface area contributed by atoms with Crippen LogP contribution in [0.1, 0.15) is 5.56 Å². The van der Waals surface area contributed by atoms with E-state index in [1.807, 2.05) is 54.6 Å². The first kappa shape index (κ1) is 15.0. The number of benzene rings is 2. The Morgan fingerprint density at radius 1 is 1.17 bits per heavy atom. The zero-order chi connectivity index (χ0) is 16.4. The fourth-order valence-corrected chi connectivity index (χ4v) is 3.73. The molecule has 0 unspecified atom stereocenters. The Morgan fingerprint density at radius 3 is 2.88 bits per heavy atom. The Hall–Kier alpha value is -2.53. The highest BCUT2D eigenvalue weighted by Crippen LogP contribution is 2.29. The van der Waals surface area contributed by atoms with Crippen LogP contribution in [0.25, 0.3) is 11.3 Å². The first-order valence-electron chi connectivity index (χ1n) is 7.92.